The van der Waals surface area contributed by atoms with Gasteiger partial charge in [0.05, 0.1) is 7.11 Å². The van der Waals surface area contributed by atoms with Gasteiger partial charge in [0.15, 0.2) is 0 Å². The maximum atomic E-state index is 10.5. The summed E-state index contributed by atoms with van der Waals surface area (Å²) in [4.78, 5) is 28.3. The van der Waals surface area contributed by atoms with Gasteiger partial charge < -0.3 is 4.74 Å². The van der Waals surface area contributed by atoms with E-state index in [0.717, 1.165) is 7.11 Å². The van der Waals surface area contributed by atoms with Crippen molar-refractivity contribution in [2.24, 2.45) is 0 Å². The van der Waals surface area contributed by atoms with Gasteiger partial charge in [0.1, 0.15) is 0 Å². The standard InChI is InChI=1S/C5H7N2O6/c1-13-5(8)3-2-4(6(9)10)7(11)12/h2-3H2,1H3/q-1. The molecule has 0 aliphatic carbocycles. The van der Waals surface area contributed by atoms with Gasteiger partial charge in [0.2, 0.25) is 0 Å². The average molecular weight is 191 g/mol. The number of hydrogen-bond acceptors (Lipinski definition) is 6. The second-order valence-corrected chi connectivity index (χ2v) is 2.01. The number of nitro groups is 2. The van der Waals surface area contributed by atoms with Gasteiger partial charge in [-0.05, 0) is 16.3 Å². The highest BCUT2D eigenvalue weighted by Gasteiger charge is 2.19. The third kappa shape index (κ3) is 3.89. The molecule has 0 saturated carbocycles. The quantitative estimate of drug-likeness (QED) is 0.261. The smallest absolute Gasteiger partial charge is 0.303 e. The predicted octanol–water partition coefficient (Wildman–Crippen LogP) is -0.0175. The van der Waals surface area contributed by atoms with E-state index < -0.39 is 28.4 Å². The summed E-state index contributed by atoms with van der Waals surface area (Å²) in [6, 6.07) is 0. The normalized spacial score (nSPS) is 9.00. The first-order chi connectivity index (χ1) is 5.99. The first-order valence-electron chi connectivity index (χ1n) is 3.20. The van der Waals surface area contributed by atoms with Crippen molar-refractivity contribution in [1.29, 1.82) is 0 Å². The summed E-state index contributed by atoms with van der Waals surface area (Å²) < 4.78 is 4.16. The predicted molar refractivity (Wildman–Crippen MR) is 38.5 cm³/mol. The van der Waals surface area contributed by atoms with E-state index >= 15 is 0 Å². The molecule has 0 aromatic rings. The Hall–Kier alpha value is -1.86. The maximum absolute atomic E-state index is 10.5. The van der Waals surface area contributed by atoms with Crippen LogP contribution in [0.25, 0.3) is 0 Å². The van der Waals surface area contributed by atoms with Crippen molar-refractivity contribution in [3.63, 3.8) is 0 Å². The number of esters is 1. The third-order valence-electron chi connectivity index (χ3n) is 1.20. The number of carbonyl (C=O) groups excluding carboxylic acids is 1. The van der Waals surface area contributed by atoms with Gasteiger partial charge >= 0.3 is 5.97 Å². The summed E-state index contributed by atoms with van der Waals surface area (Å²) in [5.74, 6) is -0.721. The first-order valence-corrected chi connectivity index (χ1v) is 3.20. The molecule has 0 aromatic heterocycles. The molecule has 0 rings (SSSR count). The Labute approximate surface area is 72.8 Å². The van der Waals surface area contributed by atoms with Gasteiger partial charge in [-0.15, -0.1) is 0 Å². The molecule has 0 saturated heterocycles. The Balaban J connectivity index is 4.05. The second kappa shape index (κ2) is 4.91. The molecule has 0 N–H and O–H groups in total. The van der Waals surface area contributed by atoms with Gasteiger partial charge in [-0.2, -0.15) is 0 Å². The zero-order valence-electron chi connectivity index (χ0n) is 6.76. The van der Waals surface area contributed by atoms with E-state index in [2.05, 4.69) is 4.74 Å². The molecule has 13 heavy (non-hydrogen) atoms. The molecule has 0 aromatic carbocycles. The Morgan fingerprint density at radius 1 is 1.38 bits per heavy atom. The van der Waals surface area contributed by atoms with Gasteiger partial charge in [-0.3, -0.25) is 25.0 Å². The summed E-state index contributed by atoms with van der Waals surface area (Å²) in [7, 11) is 1.10. The van der Waals surface area contributed by atoms with Gasteiger partial charge in [-0.1, -0.05) is 0 Å². The van der Waals surface area contributed by atoms with Crippen LogP contribution in [0.4, 0.5) is 0 Å². The molecule has 74 valence electrons. The Morgan fingerprint density at radius 3 is 2.15 bits per heavy atom. The Morgan fingerprint density at radius 2 is 1.85 bits per heavy atom. The monoisotopic (exact) mass is 191 g/mol. The summed E-state index contributed by atoms with van der Waals surface area (Å²) in [5.41, 5.74) is 0. The molecule has 0 aliphatic heterocycles. The summed E-state index contributed by atoms with van der Waals surface area (Å²) >= 11 is 0. The lowest BCUT2D eigenvalue weighted by atomic mass is 10.3. The fraction of sp³-hybridized carbons (Fsp3) is 0.600. The molecule has 0 fully saturated rings. The molecule has 8 heteroatoms. The minimum atomic E-state index is -1.12. The lowest BCUT2D eigenvalue weighted by Gasteiger charge is -2.10. The van der Waals surface area contributed by atoms with Gasteiger partial charge in [0, 0.05) is 6.42 Å². The molecule has 0 spiro atoms. The SMILES string of the molecule is COC(=O)CC[C-]([N+](=O)[O-])[N+](=O)[O-]. The van der Waals surface area contributed by atoms with Gasteiger partial charge in [-0.25, -0.2) is 0 Å². The molecule has 0 heterocycles. The Bertz CT molecular complexity index is 213. The van der Waals surface area contributed by atoms with Gasteiger partial charge in [0.25, 0.3) is 6.17 Å². The first kappa shape index (κ1) is 11.1. The molecular formula is C5H7N2O6-. The van der Waals surface area contributed by atoms with Crippen LogP contribution in [0.1, 0.15) is 12.8 Å². The second-order valence-electron chi connectivity index (χ2n) is 2.01. The molecular weight excluding hydrogens is 184 g/mol. The lowest BCUT2D eigenvalue weighted by Crippen LogP contribution is -2.20. The van der Waals surface area contributed by atoms with E-state index in [-0.39, 0.29) is 6.42 Å². The highest BCUT2D eigenvalue weighted by molar-refractivity contribution is 5.69. The number of rotatable bonds is 5. The van der Waals surface area contributed by atoms with E-state index in [1.165, 1.54) is 0 Å². The van der Waals surface area contributed by atoms with Crippen molar-refractivity contribution in [3.8, 4) is 0 Å². The minimum Gasteiger partial charge on any atom is -0.469 e. The van der Waals surface area contributed by atoms with Crippen LogP contribution in [0.3, 0.4) is 0 Å². The highest BCUT2D eigenvalue weighted by Crippen LogP contribution is 2.10. The summed E-state index contributed by atoms with van der Waals surface area (Å²) in [6.45, 7) is 0. The van der Waals surface area contributed by atoms with Crippen molar-refractivity contribution in [1.82, 2.24) is 0 Å². The average Bonchev–Trinajstić information content (AvgIpc) is 2.03. The van der Waals surface area contributed by atoms with Crippen LogP contribution in [0.5, 0.6) is 0 Å². The molecule has 8 nitrogen and oxygen atoms in total. The van der Waals surface area contributed by atoms with E-state index in [1.54, 1.807) is 0 Å². The van der Waals surface area contributed by atoms with Crippen LogP contribution in [-0.2, 0) is 9.53 Å². The summed E-state index contributed by atoms with van der Waals surface area (Å²) in [6.07, 6.45) is -2.01. The molecule has 0 amide bonds. The molecule has 0 atom stereocenters. The molecule has 0 aliphatic rings. The van der Waals surface area contributed by atoms with Crippen LogP contribution in [0.15, 0.2) is 0 Å². The van der Waals surface area contributed by atoms with Crippen LogP contribution < -0.4 is 0 Å². The fourth-order valence-electron chi connectivity index (χ4n) is 0.565. The number of methoxy groups -OCH3 is 1. The minimum absolute atomic E-state index is 0.367. The fourth-order valence-corrected chi connectivity index (χ4v) is 0.565. The number of carbonyl (C=O) groups is 1. The van der Waals surface area contributed by atoms with E-state index in [4.69, 9.17) is 0 Å². The zero-order chi connectivity index (χ0) is 10.4. The topological polar surface area (TPSA) is 113 Å². The van der Waals surface area contributed by atoms with Crippen molar-refractivity contribution >= 4 is 5.97 Å². The van der Waals surface area contributed by atoms with Crippen molar-refractivity contribution in [2.75, 3.05) is 7.11 Å². The molecule has 0 bridgehead atoms. The lowest BCUT2D eigenvalue weighted by molar-refractivity contribution is -0.671. The van der Waals surface area contributed by atoms with Crippen molar-refractivity contribution in [3.05, 3.63) is 26.4 Å². The van der Waals surface area contributed by atoms with E-state index in [1.807, 2.05) is 0 Å². The van der Waals surface area contributed by atoms with Crippen molar-refractivity contribution in [2.45, 2.75) is 12.8 Å². The van der Waals surface area contributed by atoms with E-state index in [9.17, 15) is 25.0 Å². The number of nitrogens with zero attached hydrogens (tertiary/aromatic N) is 2. The van der Waals surface area contributed by atoms with Crippen LogP contribution in [0.2, 0.25) is 0 Å². The van der Waals surface area contributed by atoms with Crippen LogP contribution in [0, 0.1) is 26.4 Å². The molecule has 0 unspecified atom stereocenters. The zero-order valence-corrected chi connectivity index (χ0v) is 6.76. The molecule has 0 radical (unpaired) electrons. The summed E-state index contributed by atoms with van der Waals surface area (Å²) in [5, 5.41) is 20.0. The van der Waals surface area contributed by atoms with Crippen LogP contribution in [-0.4, -0.2) is 22.9 Å². The van der Waals surface area contributed by atoms with E-state index in [0.29, 0.717) is 0 Å². The Kier molecular flexibility index (Phi) is 4.20. The van der Waals surface area contributed by atoms with Crippen molar-refractivity contribution < 1.29 is 19.4 Å². The third-order valence-corrected chi connectivity index (χ3v) is 1.20. The largest absolute Gasteiger partial charge is 0.469 e. The number of hydrogen-bond donors (Lipinski definition) is 0. The maximum Gasteiger partial charge on any atom is 0.303 e. The number of ether oxygens (including phenoxy) is 1. The van der Waals surface area contributed by atoms with Crippen LogP contribution >= 0.6 is 0 Å². The highest BCUT2D eigenvalue weighted by atomic mass is 16.7.